The Morgan fingerprint density at radius 1 is 1.00 bits per heavy atom. The SMILES string of the molecule is COc1ccc(N2C(=O)[C@H]3[C@H](C2=O)[C@H]2C=C[C@H]3C23CC3)cc1. The van der Waals surface area contributed by atoms with Crippen LogP contribution in [0.25, 0.3) is 0 Å². The summed E-state index contributed by atoms with van der Waals surface area (Å²) in [5, 5.41) is 0. The molecule has 1 saturated heterocycles. The fraction of sp³-hybridized carbons (Fsp3) is 0.444. The molecular formula is C18H17NO3. The van der Waals surface area contributed by atoms with Crippen LogP contribution in [0, 0.1) is 29.1 Å². The minimum atomic E-state index is -0.132. The fourth-order valence-corrected chi connectivity index (χ4v) is 5.06. The second-order valence-electron chi connectivity index (χ2n) is 6.93. The Hall–Kier alpha value is -2.10. The molecule has 4 aliphatic rings. The Morgan fingerprint density at radius 3 is 2.00 bits per heavy atom. The van der Waals surface area contributed by atoms with E-state index in [2.05, 4.69) is 12.2 Å². The Balaban J connectivity index is 1.53. The van der Waals surface area contributed by atoms with Crippen molar-refractivity contribution in [3.05, 3.63) is 36.4 Å². The van der Waals surface area contributed by atoms with Crippen LogP contribution in [0.15, 0.2) is 36.4 Å². The van der Waals surface area contributed by atoms with Gasteiger partial charge in [0.25, 0.3) is 0 Å². The van der Waals surface area contributed by atoms with Crippen LogP contribution in [-0.2, 0) is 9.59 Å². The molecule has 1 aromatic carbocycles. The van der Waals surface area contributed by atoms with Gasteiger partial charge in [0, 0.05) is 0 Å². The van der Waals surface area contributed by atoms with Gasteiger partial charge in [-0.05, 0) is 54.4 Å². The first-order valence-electron chi connectivity index (χ1n) is 7.87. The van der Waals surface area contributed by atoms with Crippen molar-refractivity contribution < 1.29 is 14.3 Å². The average Bonchev–Trinajstić information content (AvgIpc) is 3.13. The van der Waals surface area contributed by atoms with Gasteiger partial charge in [0.05, 0.1) is 24.6 Å². The number of benzene rings is 1. The lowest BCUT2D eigenvalue weighted by atomic mass is 9.85. The highest BCUT2D eigenvalue weighted by atomic mass is 16.5. The predicted octanol–water partition coefficient (Wildman–Crippen LogP) is 2.40. The molecule has 2 amide bonds. The molecule has 2 bridgehead atoms. The van der Waals surface area contributed by atoms with Crippen LogP contribution >= 0.6 is 0 Å². The summed E-state index contributed by atoms with van der Waals surface area (Å²) in [5.41, 5.74) is 0.918. The van der Waals surface area contributed by atoms with Gasteiger partial charge in [-0.25, -0.2) is 0 Å². The van der Waals surface area contributed by atoms with Crippen molar-refractivity contribution in [2.24, 2.45) is 29.1 Å². The van der Waals surface area contributed by atoms with Gasteiger partial charge in [0.2, 0.25) is 11.8 Å². The molecule has 2 saturated carbocycles. The molecular weight excluding hydrogens is 278 g/mol. The van der Waals surface area contributed by atoms with E-state index in [1.165, 1.54) is 17.7 Å². The van der Waals surface area contributed by atoms with Crippen molar-refractivity contribution in [1.29, 1.82) is 0 Å². The Kier molecular flexibility index (Phi) is 2.15. The zero-order chi connectivity index (χ0) is 15.1. The monoisotopic (exact) mass is 295 g/mol. The van der Waals surface area contributed by atoms with E-state index in [0.717, 1.165) is 5.75 Å². The van der Waals surface area contributed by atoms with E-state index in [9.17, 15) is 9.59 Å². The van der Waals surface area contributed by atoms with Gasteiger partial charge < -0.3 is 4.74 Å². The number of rotatable bonds is 2. The summed E-state index contributed by atoms with van der Waals surface area (Å²) >= 11 is 0. The molecule has 1 spiro atoms. The standard InChI is InChI=1S/C18H17NO3/c1-22-11-4-2-10(3-5-11)19-16(20)14-12-6-7-13(15(14)17(19)21)18(12)8-9-18/h2-7,12-15H,8-9H2,1H3/t12-,13-,14-,15-/m1/s1. The maximum absolute atomic E-state index is 12.9. The number of carbonyl (C=O) groups excluding carboxylic acids is 2. The highest BCUT2D eigenvalue weighted by molar-refractivity contribution is 6.23. The molecule has 112 valence electrons. The molecule has 3 aliphatic carbocycles. The third-order valence-corrected chi connectivity index (χ3v) is 6.18. The minimum Gasteiger partial charge on any atom is -0.497 e. The normalized spacial score (nSPS) is 36.3. The predicted molar refractivity (Wildman–Crippen MR) is 80.3 cm³/mol. The van der Waals surface area contributed by atoms with Crippen molar-refractivity contribution in [2.45, 2.75) is 12.8 Å². The topological polar surface area (TPSA) is 46.6 Å². The molecule has 1 aromatic rings. The van der Waals surface area contributed by atoms with Crippen LogP contribution in [0.1, 0.15) is 12.8 Å². The third-order valence-electron chi connectivity index (χ3n) is 6.18. The van der Waals surface area contributed by atoms with E-state index in [-0.39, 0.29) is 40.9 Å². The molecule has 4 atom stereocenters. The molecule has 0 radical (unpaired) electrons. The summed E-state index contributed by atoms with van der Waals surface area (Å²) < 4.78 is 5.14. The van der Waals surface area contributed by atoms with Crippen LogP contribution in [-0.4, -0.2) is 18.9 Å². The van der Waals surface area contributed by atoms with E-state index in [4.69, 9.17) is 4.74 Å². The number of ether oxygens (including phenoxy) is 1. The third kappa shape index (κ3) is 1.25. The summed E-state index contributed by atoms with van der Waals surface area (Å²) in [6.45, 7) is 0. The van der Waals surface area contributed by atoms with Gasteiger partial charge in [-0.15, -0.1) is 0 Å². The molecule has 3 fully saturated rings. The van der Waals surface area contributed by atoms with Crippen molar-refractivity contribution in [3.63, 3.8) is 0 Å². The van der Waals surface area contributed by atoms with Crippen molar-refractivity contribution in [1.82, 2.24) is 0 Å². The Labute approximate surface area is 128 Å². The molecule has 0 unspecified atom stereocenters. The van der Waals surface area contributed by atoms with Crippen LogP contribution in [0.5, 0.6) is 5.75 Å². The molecule has 4 nitrogen and oxygen atoms in total. The average molecular weight is 295 g/mol. The van der Waals surface area contributed by atoms with Crippen LogP contribution in [0.2, 0.25) is 0 Å². The minimum absolute atomic E-state index is 0.0108. The quantitative estimate of drug-likeness (QED) is 0.622. The zero-order valence-corrected chi connectivity index (χ0v) is 12.4. The fourth-order valence-electron chi connectivity index (χ4n) is 5.06. The molecule has 4 heteroatoms. The first-order valence-corrected chi connectivity index (χ1v) is 7.87. The zero-order valence-electron chi connectivity index (χ0n) is 12.4. The van der Waals surface area contributed by atoms with Gasteiger partial charge in [0.15, 0.2) is 0 Å². The molecule has 0 aromatic heterocycles. The highest BCUT2D eigenvalue weighted by Gasteiger charge is 2.73. The first kappa shape index (κ1) is 12.4. The van der Waals surface area contributed by atoms with E-state index in [1.807, 2.05) is 0 Å². The van der Waals surface area contributed by atoms with Gasteiger partial charge >= 0.3 is 0 Å². The van der Waals surface area contributed by atoms with Crippen LogP contribution in [0.4, 0.5) is 5.69 Å². The maximum Gasteiger partial charge on any atom is 0.238 e. The number of allylic oxidation sites excluding steroid dienone is 2. The summed E-state index contributed by atoms with van der Waals surface area (Å²) in [4.78, 5) is 27.2. The lowest BCUT2D eigenvalue weighted by molar-refractivity contribution is -0.123. The van der Waals surface area contributed by atoms with Crippen molar-refractivity contribution in [3.8, 4) is 5.75 Å². The van der Waals surface area contributed by atoms with Gasteiger partial charge in [-0.3, -0.25) is 14.5 Å². The van der Waals surface area contributed by atoms with E-state index >= 15 is 0 Å². The number of fused-ring (bicyclic) bond motifs is 3. The number of amides is 2. The second-order valence-corrected chi connectivity index (χ2v) is 6.93. The summed E-state index contributed by atoms with van der Waals surface area (Å²) in [6, 6.07) is 7.16. The highest BCUT2D eigenvalue weighted by Crippen LogP contribution is 2.73. The summed E-state index contributed by atoms with van der Waals surface area (Å²) in [7, 11) is 1.60. The summed E-state index contributed by atoms with van der Waals surface area (Å²) in [5.74, 6) is 0.997. The molecule has 0 N–H and O–H groups in total. The second kappa shape index (κ2) is 3.80. The van der Waals surface area contributed by atoms with Crippen LogP contribution < -0.4 is 9.64 Å². The largest absolute Gasteiger partial charge is 0.497 e. The molecule has 5 rings (SSSR count). The Bertz CT molecular complexity index is 682. The van der Waals surface area contributed by atoms with Gasteiger partial charge in [-0.1, -0.05) is 12.2 Å². The molecule has 1 aliphatic heterocycles. The van der Waals surface area contributed by atoms with Gasteiger partial charge in [0.1, 0.15) is 5.75 Å². The van der Waals surface area contributed by atoms with Crippen molar-refractivity contribution in [2.75, 3.05) is 12.0 Å². The number of nitrogens with zero attached hydrogens (tertiary/aromatic N) is 1. The van der Waals surface area contributed by atoms with E-state index in [0.29, 0.717) is 5.69 Å². The number of imide groups is 1. The number of carbonyl (C=O) groups is 2. The van der Waals surface area contributed by atoms with Crippen LogP contribution in [0.3, 0.4) is 0 Å². The van der Waals surface area contributed by atoms with Crippen molar-refractivity contribution >= 4 is 17.5 Å². The number of methoxy groups -OCH3 is 1. The van der Waals surface area contributed by atoms with E-state index in [1.54, 1.807) is 31.4 Å². The van der Waals surface area contributed by atoms with Gasteiger partial charge in [-0.2, -0.15) is 0 Å². The molecule has 22 heavy (non-hydrogen) atoms. The summed E-state index contributed by atoms with van der Waals surface area (Å²) in [6.07, 6.45) is 6.74. The maximum atomic E-state index is 12.9. The lowest BCUT2D eigenvalue weighted by Gasteiger charge is -2.21. The first-order chi connectivity index (χ1) is 10.7. The van der Waals surface area contributed by atoms with E-state index < -0.39 is 0 Å². The number of hydrogen-bond acceptors (Lipinski definition) is 3. The number of hydrogen-bond donors (Lipinski definition) is 0. The lowest BCUT2D eigenvalue weighted by Crippen LogP contribution is -2.34. The smallest absolute Gasteiger partial charge is 0.238 e. The number of anilines is 1. The Morgan fingerprint density at radius 2 is 1.55 bits per heavy atom. The molecule has 1 heterocycles.